The highest BCUT2D eigenvalue weighted by Gasteiger charge is 2.36. The number of anilines is 1. The largest absolute Gasteiger partial charge is 0.324 e. The van der Waals surface area contributed by atoms with Gasteiger partial charge in [0.2, 0.25) is 15.9 Å². The number of benzene rings is 1. The van der Waals surface area contributed by atoms with Crippen LogP contribution in [0.3, 0.4) is 0 Å². The Bertz CT molecular complexity index is 631. The van der Waals surface area contributed by atoms with Crippen molar-refractivity contribution in [2.24, 2.45) is 0 Å². The molecule has 7 heteroatoms. The Kier molecular flexibility index (Phi) is 4.10. The molecule has 5 nitrogen and oxygen atoms in total. The molecule has 20 heavy (non-hydrogen) atoms. The molecule has 1 aromatic carbocycles. The van der Waals surface area contributed by atoms with Gasteiger partial charge in [0, 0.05) is 12.2 Å². The number of nitrogens with one attached hydrogen (secondary N) is 1. The van der Waals surface area contributed by atoms with E-state index in [4.69, 9.17) is 0 Å². The van der Waals surface area contributed by atoms with Crippen LogP contribution in [0.25, 0.3) is 0 Å². The molecule has 1 N–H and O–H groups in total. The van der Waals surface area contributed by atoms with E-state index in [1.165, 1.54) is 16.4 Å². The summed E-state index contributed by atoms with van der Waals surface area (Å²) >= 11 is 0. The zero-order chi connectivity index (χ0) is 14.9. The Morgan fingerprint density at radius 3 is 2.80 bits per heavy atom. The van der Waals surface area contributed by atoms with Crippen molar-refractivity contribution < 1.29 is 17.6 Å². The Hall–Kier alpha value is -1.47. The Morgan fingerprint density at radius 2 is 2.15 bits per heavy atom. The van der Waals surface area contributed by atoms with Crippen molar-refractivity contribution in [3.63, 3.8) is 0 Å². The molecule has 0 radical (unpaired) electrons. The molecule has 0 saturated carbocycles. The summed E-state index contributed by atoms with van der Waals surface area (Å²) in [5.41, 5.74) is 1.10. The Balaban J connectivity index is 2.18. The van der Waals surface area contributed by atoms with E-state index in [1.807, 2.05) is 0 Å². The van der Waals surface area contributed by atoms with E-state index >= 15 is 0 Å². The summed E-state index contributed by atoms with van der Waals surface area (Å²) in [6.45, 7) is 2.09. The van der Waals surface area contributed by atoms with Crippen LogP contribution in [0.5, 0.6) is 0 Å². The summed E-state index contributed by atoms with van der Waals surface area (Å²) in [6, 6.07) is 3.39. The monoisotopic (exact) mass is 300 g/mol. The molecule has 2 rings (SSSR count). The number of rotatable bonds is 3. The second-order valence-corrected chi connectivity index (χ2v) is 6.92. The van der Waals surface area contributed by atoms with E-state index in [9.17, 15) is 17.6 Å². The summed E-state index contributed by atoms with van der Waals surface area (Å²) in [5.74, 6) is -0.862. The first-order valence-electron chi connectivity index (χ1n) is 6.33. The molecular weight excluding hydrogens is 283 g/mol. The van der Waals surface area contributed by atoms with E-state index in [-0.39, 0.29) is 0 Å². The van der Waals surface area contributed by atoms with Crippen LogP contribution in [0.15, 0.2) is 18.2 Å². The molecule has 0 aromatic heterocycles. The van der Waals surface area contributed by atoms with Gasteiger partial charge in [-0.2, -0.15) is 4.31 Å². The molecular formula is C13H17FN2O3S. The minimum absolute atomic E-state index is 0.346. The Morgan fingerprint density at radius 1 is 1.45 bits per heavy atom. The highest BCUT2D eigenvalue weighted by atomic mass is 32.2. The maximum Gasteiger partial charge on any atom is 0.242 e. The summed E-state index contributed by atoms with van der Waals surface area (Å²) in [7, 11) is -3.41. The zero-order valence-corrected chi connectivity index (χ0v) is 12.2. The number of nitrogens with zero attached hydrogens (tertiary/aromatic N) is 1. The van der Waals surface area contributed by atoms with E-state index in [0.29, 0.717) is 25.1 Å². The van der Waals surface area contributed by atoms with Gasteiger partial charge in [-0.05, 0) is 37.5 Å². The minimum atomic E-state index is -3.41. The third-order valence-electron chi connectivity index (χ3n) is 3.39. The smallest absolute Gasteiger partial charge is 0.242 e. The lowest BCUT2D eigenvalue weighted by Crippen LogP contribution is -2.42. The van der Waals surface area contributed by atoms with Gasteiger partial charge in [-0.3, -0.25) is 4.79 Å². The average Bonchev–Trinajstić information content (AvgIpc) is 2.82. The molecule has 0 aliphatic carbocycles. The molecule has 1 fully saturated rings. The predicted octanol–water partition coefficient (Wildman–Crippen LogP) is 1.50. The van der Waals surface area contributed by atoms with Gasteiger partial charge >= 0.3 is 0 Å². The zero-order valence-electron chi connectivity index (χ0n) is 11.4. The number of hydrogen-bond acceptors (Lipinski definition) is 3. The van der Waals surface area contributed by atoms with Crippen molar-refractivity contribution in [1.82, 2.24) is 4.31 Å². The molecule has 1 aliphatic heterocycles. The lowest BCUT2D eigenvalue weighted by molar-refractivity contribution is -0.119. The van der Waals surface area contributed by atoms with Gasteiger partial charge in [0.15, 0.2) is 0 Å². The summed E-state index contributed by atoms with van der Waals surface area (Å²) in [6.07, 6.45) is 2.21. The van der Waals surface area contributed by atoms with Gasteiger partial charge in [-0.15, -0.1) is 0 Å². The van der Waals surface area contributed by atoms with E-state index in [0.717, 1.165) is 11.8 Å². The van der Waals surface area contributed by atoms with Crippen molar-refractivity contribution in [3.05, 3.63) is 29.6 Å². The molecule has 1 heterocycles. The fourth-order valence-electron chi connectivity index (χ4n) is 2.34. The number of amides is 1. The van der Waals surface area contributed by atoms with Crippen molar-refractivity contribution in [2.45, 2.75) is 25.8 Å². The highest BCUT2D eigenvalue weighted by molar-refractivity contribution is 7.88. The summed E-state index contributed by atoms with van der Waals surface area (Å²) in [4.78, 5) is 12.2. The third kappa shape index (κ3) is 3.16. The van der Waals surface area contributed by atoms with Gasteiger partial charge in [-0.25, -0.2) is 12.8 Å². The average molecular weight is 300 g/mol. The van der Waals surface area contributed by atoms with Gasteiger partial charge in [-0.1, -0.05) is 6.07 Å². The molecule has 110 valence electrons. The van der Waals surface area contributed by atoms with Gasteiger partial charge in [0.25, 0.3) is 0 Å². The van der Waals surface area contributed by atoms with Gasteiger partial charge in [0.05, 0.1) is 6.26 Å². The first-order chi connectivity index (χ1) is 9.29. The normalized spacial score (nSPS) is 20.1. The maximum atomic E-state index is 13.2. The molecule has 1 saturated heterocycles. The molecule has 1 amide bonds. The van der Waals surface area contributed by atoms with Crippen molar-refractivity contribution in [1.29, 1.82) is 0 Å². The van der Waals surface area contributed by atoms with Crippen LogP contribution in [0.2, 0.25) is 0 Å². The van der Waals surface area contributed by atoms with Crippen LogP contribution >= 0.6 is 0 Å². The number of carbonyl (C=O) groups is 1. The van der Waals surface area contributed by atoms with E-state index in [1.54, 1.807) is 13.0 Å². The number of carbonyl (C=O) groups excluding carboxylic acids is 1. The summed E-state index contributed by atoms with van der Waals surface area (Å²) < 4.78 is 37.6. The molecule has 0 bridgehead atoms. The van der Waals surface area contributed by atoms with Crippen molar-refractivity contribution in [3.8, 4) is 0 Å². The molecule has 1 aromatic rings. The maximum absolute atomic E-state index is 13.2. The third-order valence-corrected chi connectivity index (χ3v) is 4.68. The summed E-state index contributed by atoms with van der Waals surface area (Å²) in [5, 5.41) is 2.61. The molecule has 0 spiro atoms. The van der Waals surface area contributed by atoms with Crippen molar-refractivity contribution >= 4 is 21.6 Å². The first-order valence-corrected chi connectivity index (χ1v) is 8.17. The van der Waals surface area contributed by atoms with Gasteiger partial charge in [0.1, 0.15) is 11.9 Å². The standard InChI is InChI=1S/C13H17FN2O3S/c1-9-5-6-10(14)8-11(9)15-13(17)12-4-3-7-16(12)20(2,18)19/h5-6,8,12H,3-4,7H2,1-2H3,(H,15,17)/t12-/m1/s1. The topological polar surface area (TPSA) is 66.5 Å². The minimum Gasteiger partial charge on any atom is -0.324 e. The fourth-order valence-corrected chi connectivity index (χ4v) is 3.47. The van der Waals surface area contributed by atoms with Crippen molar-refractivity contribution in [2.75, 3.05) is 18.1 Å². The number of hydrogen-bond donors (Lipinski definition) is 1. The van der Waals surface area contributed by atoms with Crippen LogP contribution in [-0.4, -0.2) is 37.5 Å². The molecule has 1 aliphatic rings. The Labute approximate surface area is 117 Å². The second-order valence-electron chi connectivity index (χ2n) is 4.98. The van der Waals surface area contributed by atoms with Crippen LogP contribution in [0.1, 0.15) is 18.4 Å². The lowest BCUT2D eigenvalue weighted by Gasteiger charge is -2.21. The van der Waals surface area contributed by atoms with E-state index < -0.39 is 27.8 Å². The number of sulfonamides is 1. The van der Waals surface area contributed by atoms with Crippen LogP contribution in [-0.2, 0) is 14.8 Å². The molecule has 1 atom stereocenters. The predicted molar refractivity (Wildman–Crippen MR) is 74.3 cm³/mol. The number of aryl methyl sites for hydroxylation is 1. The first kappa shape index (κ1) is 14.9. The number of halogens is 1. The van der Waals surface area contributed by atoms with Crippen LogP contribution < -0.4 is 5.32 Å². The van der Waals surface area contributed by atoms with Crippen LogP contribution in [0, 0.1) is 12.7 Å². The quantitative estimate of drug-likeness (QED) is 0.920. The lowest BCUT2D eigenvalue weighted by atomic mass is 10.1. The van der Waals surface area contributed by atoms with Crippen LogP contribution in [0.4, 0.5) is 10.1 Å². The van der Waals surface area contributed by atoms with E-state index in [2.05, 4.69) is 5.32 Å². The SMILES string of the molecule is Cc1ccc(F)cc1NC(=O)[C@H]1CCCN1S(C)(=O)=O. The fraction of sp³-hybridized carbons (Fsp3) is 0.462. The van der Waals surface area contributed by atoms with Gasteiger partial charge < -0.3 is 5.32 Å². The molecule has 0 unspecified atom stereocenters. The highest BCUT2D eigenvalue weighted by Crippen LogP contribution is 2.23. The second kappa shape index (κ2) is 5.49.